The van der Waals surface area contributed by atoms with Gasteiger partial charge in [-0.2, -0.15) is 0 Å². The number of nitrogens with zero attached hydrogens (tertiary/aromatic N) is 2. The first-order valence-corrected chi connectivity index (χ1v) is 8.02. The van der Waals surface area contributed by atoms with E-state index in [1.54, 1.807) is 50.4 Å². The van der Waals surface area contributed by atoms with E-state index in [9.17, 15) is 4.79 Å². The van der Waals surface area contributed by atoms with Crippen LogP contribution in [0.15, 0.2) is 56.7 Å². The van der Waals surface area contributed by atoms with E-state index in [1.807, 2.05) is 0 Å². The van der Waals surface area contributed by atoms with Crippen molar-refractivity contribution in [2.24, 2.45) is 0 Å². The molecule has 2 heterocycles. The van der Waals surface area contributed by atoms with Gasteiger partial charge in [0.2, 0.25) is 5.91 Å². The van der Waals surface area contributed by atoms with Crippen LogP contribution >= 0.6 is 11.8 Å². The molecule has 1 amide bonds. The summed E-state index contributed by atoms with van der Waals surface area (Å²) in [4.78, 5) is 12.2. The Morgan fingerprint density at radius 3 is 2.71 bits per heavy atom. The number of benzene rings is 1. The number of aromatic nitrogens is 2. The van der Waals surface area contributed by atoms with Gasteiger partial charge < -0.3 is 18.9 Å². The van der Waals surface area contributed by atoms with Gasteiger partial charge in [-0.3, -0.25) is 4.79 Å². The van der Waals surface area contributed by atoms with Crippen molar-refractivity contribution in [3.8, 4) is 17.4 Å². The summed E-state index contributed by atoms with van der Waals surface area (Å²) in [6.45, 7) is 1.76. The molecule has 0 radical (unpaired) electrons. The second-order valence-corrected chi connectivity index (χ2v) is 6.12. The molecule has 0 aliphatic carbocycles. The monoisotopic (exact) mass is 345 g/mol. The second-order valence-electron chi connectivity index (χ2n) is 4.83. The van der Waals surface area contributed by atoms with Crippen molar-refractivity contribution in [3.05, 3.63) is 42.7 Å². The fraction of sp³-hybridized carbons (Fsp3) is 0.188. The van der Waals surface area contributed by atoms with Crippen molar-refractivity contribution in [1.82, 2.24) is 10.2 Å². The highest BCUT2D eigenvalue weighted by molar-refractivity contribution is 8.00. The second kappa shape index (κ2) is 7.22. The molecule has 7 nitrogen and oxygen atoms in total. The third-order valence-corrected chi connectivity index (χ3v) is 4.08. The van der Waals surface area contributed by atoms with Gasteiger partial charge in [-0.1, -0.05) is 11.8 Å². The Morgan fingerprint density at radius 1 is 1.25 bits per heavy atom. The lowest BCUT2D eigenvalue weighted by molar-refractivity contribution is -0.115. The average molecular weight is 345 g/mol. The van der Waals surface area contributed by atoms with E-state index in [-0.39, 0.29) is 11.8 Å². The number of carbonyl (C=O) groups excluding carboxylic acids is 1. The molecule has 3 aromatic rings. The van der Waals surface area contributed by atoms with E-state index in [0.717, 1.165) is 5.75 Å². The minimum atomic E-state index is -0.406. The van der Waals surface area contributed by atoms with Crippen molar-refractivity contribution in [2.45, 2.75) is 17.4 Å². The number of rotatable bonds is 6. The van der Waals surface area contributed by atoms with E-state index in [0.29, 0.717) is 16.7 Å². The highest BCUT2D eigenvalue weighted by Crippen LogP contribution is 2.27. The Balaban J connectivity index is 1.59. The van der Waals surface area contributed by atoms with Crippen LogP contribution in [0.25, 0.3) is 11.7 Å². The molecule has 0 aliphatic rings. The Morgan fingerprint density at radius 2 is 2.04 bits per heavy atom. The molecule has 0 aliphatic heterocycles. The first-order valence-electron chi connectivity index (χ1n) is 7.14. The maximum absolute atomic E-state index is 12.2. The molecule has 1 atom stereocenters. The Labute approximate surface area is 142 Å². The van der Waals surface area contributed by atoms with Gasteiger partial charge in [-0.15, -0.1) is 10.2 Å². The predicted octanol–water partition coefficient (Wildman–Crippen LogP) is 3.46. The number of ether oxygens (including phenoxy) is 1. The van der Waals surface area contributed by atoms with Crippen LogP contribution in [0.4, 0.5) is 5.69 Å². The quantitative estimate of drug-likeness (QED) is 0.684. The van der Waals surface area contributed by atoms with E-state index < -0.39 is 5.25 Å². The summed E-state index contributed by atoms with van der Waals surface area (Å²) in [5, 5.41) is 10.5. The van der Waals surface area contributed by atoms with Crippen LogP contribution in [0.5, 0.6) is 5.75 Å². The number of thioether (sulfide) groups is 1. The molecule has 8 heteroatoms. The van der Waals surface area contributed by atoms with Gasteiger partial charge in [0.1, 0.15) is 5.75 Å². The third kappa shape index (κ3) is 3.77. The van der Waals surface area contributed by atoms with E-state index in [4.69, 9.17) is 13.6 Å². The van der Waals surface area contributed by atoms with Gasteiger partial charge in [0.05, 0.1) is 18.6 Å². The SMILES string of the molecule is COc1ccc(NC(=O)[C@H](C)Sc2nnc(-c3ccco3)o2)cc1. The lowest BCUT2D eigenvalue weighted by atomic mass is 10.3. The maximum Gasteiger partial charge on any atom is 0.284 e. The molecule has 24 heavy (non-hydrogen) atoms. The zero-order valence-corrected chi connectivity index (χ0v) is 13.9. The summed E-state index contributed by atoms with van der Waals surface area (Å²) in [5.74, 6) is 1.34. The molecule has 0 unspecified atom stereocenters. The topological polar surface area (TPSA) is 90.4 Å². The summed E-state index contributed by atoms with van der Waals surface area (Å²) < 4.78 is 15.7. The molecular weight excluding hydrogens is 330 g/mol. The Hall–Kier alpha value is -2.74. The van der Waals surface area contributed by atoms with Crippen LogP contribution in [-0.2, 0) is 4.79 Å². The van der Waals surface area contributed by atoms with Crippen molar-refractivity contribution in [2.75, 3.05) is 12.4 Å². The van der Waals surface area contributed by atoms with Gasteiger partial charge in [-0.25, -0.2) is 0 Å². The van der Waals surface area contributed by atoms with Gasteiger partial charge in [0, 0.05) is 5.69 Å². The number of carbonyl (C=O) groups is 1. The minimum Gasteiger partial charge on any atom is -0.497 e. The minimum absolute atomic E-state index is 0.164. The molecule has 3 rings (SSSR count). The van der Waals surface area contributed by atoms with Gasteiger partial charge in [0.15, 0.2) is 5.76 Å². The van der Waals surface area contributed by atoms with E-state index in [1.165, 1.54) is 18.0 Å². The van der Waals surface area contributed by atoms with Crippen LogP contribution in [0.2, 0.25) is 0 Å². The molecular formula is C16H15N3O4S. The average Bonchev–Trinajstić information content (AvgIpc) is 3.26. The van der Waals surface area contributed by atoms with Gasteiger partial charge >= 0.3 is 0 Å². The summed E-state index contributed by atoms with van der Waals surface area (Å²) in [5.41, 5.74) is 0.690. The van der Waals surface area contributed by atoms with Crippen molar-refractivity contribution >= 4 is 23.4 Å². The summed E-state index contributed by atoms with van der Waals surface area (Å²) >= 11 is 1.18. The zero-order chi connectivity index (χ0) is 16.9. The molecule has 1 aromatic carbocycles. The first kappa shape index (κ1) is 16.1. The van der Waals surface area contributed by atoms with E-state index in [2.05, 4.69) is 15.5 Å². The summed E-state index contributed by atoms with van der Waals surface area (Å²) in [7, 11) is 1.59. The largest absolute Gasteiger partial charge is 0.497 e. The molecule has 0 fully saturated rings. The van der Waals surface area contributed by atoms with Gasteiger partial charge in [0.25, 0.3) is 11.1 Å². The fourth-order valence-corrected chi connectivity index (χ4v) is 2.56. The number of methoxy groups -OCH3 is 1. The zero-order valence-electron chi connectivity index (χ0n) is 13.1. The molecule has 1 N–H and O–H groups in total. The highest BCUT2D eigenvalue weighted by Gasteiger charge is 2.19. The molecule has 2 aromatic heterocycles. The number of hydrogen-bond donors (Lipinski definition) is 1. The summed E-state index contributed by atoms with van der Waals surface area (Å²) in [6, 6.07) is 10.6. The van der Waals surface area contributed by atoms with Crippen molar-refractivity contribution < 1.29 is 18.4 Å². The van der Waals surface area contributed by atoms with Crippen LogP contribution in [0, 0.1) is 0 Å². The number of amides is 1. The number of furan rings is 1. The van der Waals surface area contributed by atoms with Crippen LogP contribution in [-0.4, -0.2) is 28.5 Å². The third-order valence-electron chi connectivity index (χ3n) is 3.14. The number of anilines is 1. The van der Waals surface area contributed by atoms with Crippen LogP contribution < -0.4 is 10.1 Å². The summed E-state index contributed by atoms with van der Waals surface area (Å²) in [6.07, 6.45) is 1.53. The lowest BCUT2D eigenvalue weighted by Crippen LogP contribution is -2.22. The standard InChI is InChI=1S/C16H15N3O4S/c1-10(14(20)17-11-5-7-12(21-2)8-6-11)24-16-19-18-15(23-16)13-4-3-9-22-13/h3-10H,1-2H3,(H,17,20)/t10-/m0/s1. The normalized spacial score (nSPS) is 11.9. The molecule has 0 bridgehead atoms. The highest BCUT2D eigenvalue weighted by atomic mass is 32.2. The molecule has 0 saturated heterocycles. The number of nitrogens with one attached hydrogen (secondary N) is 1. The predicted molar refractivity (Wildman–Crippen MR) is 88.9 cm³/mol. The first-order chi connectivity index (χ1) is 11.7. The van der Waals surface area contributed by atoms with Crippen LogP contribution in [0.1, 0.15) is 6.92 Å². The van der Waals surface area contributed by atoms with E-state index >= 15 is 0 Å². The van der Waals surface area contributed by atoms with Gasteiger partial charge in [-0.05, 0) is 43.3 Å². The number of hydrogen-bond acceptors (Lipinski definition) is 7. The molecule has 124 valence electrons. The molecule has 0 saturated carbocycles. The van der Waals surface area contributed by atoms with Crippen molar-refractivity contribution in [3.63, 3.8) is 0 Å². The Bertz CT molecular complexity index is 799. The lowest BCUT2D eigenvalue weighted by Gasteiger charge is -2.10. The fourth-order valence-electron chi connectivity index (χ4n) is 1.88. The van der Waals surface area contributed by atoms with Crippen molar-refractivity contribution in [1.29, 1.82) is 0 Å². The maximum atomic E-state index is 12.2. The molecule has 0 spiro atoms. The van der Waals surface area contributed by atoms with Crippen LogP contribution in [0.3, 0.4) is 0 Å². The Kier molecular flexibility index (Phi) is 4.85. The smallest absolute Gasteiger partial charge is 0.284 e.